The predicted molar refractivity (Wildman–Crippen MR) is 101 cm³/mol. The van der Waals surface area contributed by atoms with E-state index in [0.717, 1.165) is 12.4 Å². The van der Waals surface area contributed by atoms with Gasteiger partial charge in [0.05, 0.1) is 23.1 Å². The van der Waals surface area contributed by atoms with E-state index < -0.39 is 27.1 Å². The third kappa shape index (κ3) is 4.47. The van der Waals surface area contributed by atoms with Gasteiger partial charge in [-0.05, 0) is 12.1 Å². The summed E-state index contributed by atoms with van der Waals surface area (Å²) >= 11 is 5.72. The number of ether oxygens (including phenoxy) is 1. The second kappa shape index (κ2) is 8.62. The summed E-state index contributed by atoms with van der Waals surface area (Å²) in [5, 5.41) is 22.4. The van der Waals surface area contributed by atoms with Crippen molar-refractivity contribution in [3.63, 3.8) is 0 Å². The molecule has 3 rings (SSSR count). The molecule has 0 aliphatic carbocycles. The lowest BCUT2D eigenvalue weighted by molar-refractivity contribution is -0.384. The van der Waals surface area contributed by atoms with Gasteiger partial charge in [-0.25, -0.2) is 9.97 Å². The van der Waals surface area contributed by atoms with Crippen molar-refractivity contribution in [3.8, 4) is 0 Å². The second-order valence-electron chi connectivity index (χ2n) is 5.75. The zero-order valence-corrected chi connectivity index (χ0v) is 15.5. The Morgan fingerprint density at radius 1 is 1.17 bits per heavy atom. The molecule has 0 unspecified atom stereocenters. The van der Waals surface area contributed by atoms with E-state index in [9.17, 15) is 25.0 Å². The molecule has 13 nitrogen and oxygen atoms in total. The molecule has 0 radical (unpaired) electrons. The van der Waals surface area contributed by atoms with Crippen LogP contribution in [0, 0.1) is 20.2 Å². The first-order valence-corrected chi connectivity index (χ1v) is 8.58. The molecule has 0 saturated carbocycles. The molecule has 0 atom stereocenters. The highest BCUT2D eigenvalue weighted by molar-refractivity contribution is 6.32. The van der Waals surface area contributed by atoms with Crippen molar-refractivity contribution in [1.82, 2.24) is 15.4 Å². The summed E-state index contributed by atoms with van der Waals surface area (Å²) < 4.78 is 5.23. The standard InChI is InChI=1S/C15H14ClN7O6/c16-10-2-1-9(7-11(10)22(25)26)15(24)20-19-13-12(23(27)28)14(18-8-17-13)21-3-5-29-6-4-21/h1-2,7-8H,3-6H2,(H,20,24)(H,17,18,19). The Kier molecular flexibility index (Phi) is 5.99. The van der Waals surface area contributed by atoms with Gasteiger partial charge in [0.15, 0.2) is 0 Å². The molecule has 2 heterocycles. The number of nitro benzene ring substituents is 1. The summed E-state index contributed by atoms with van der Waals surface area (Å²) in [7, 11) is 0. The number of amides is 1. The molecule has 1 aromatic heterocycles. The summed E-state index contributed by atoms with van der Waals surface area (Å²) in [5.41, 5.74) is 3.68. The van der Waals surface area contributed by atoms with Crippen molar-refractivity contribution in [2.24, 2.45) is 0 Å². The van der Waals surface area contributed by atoms with Gasteiger partial charge in [-0.3, -0.25) is 35.9 Å². The number of hydrogen-bond acceptors (Lipinski definition) is 10. The van der Waals surface area contributed by atoms with Crippen molar-refractivity contribution >= 4 is 40.5 Å². The average molecular weight is 424 g/mol. The van der Waals surface area contributed by atoms with Crippen molar-refractivity contribution in [2.75, 3.05) is 36.6 Å². The van der Waals surface area contributed by atoms with Crippen LogP contribution in [0.15, 0.2) is 24.5 Å². The number of nitrogens with one attached hydrogen (secondary N) is 2. The van der Waals surface area contributed by atoms with Crippen LogP contribution in [0.2, 0.25) is 5.02 Å². The molecule has 14 heteroatoms. The van der Waals surface area contributed by atoms with Gasteiger partial charge in [0.2, 0.25) is 11.6 Å². The first-order valence-electron chi connectivity index (χ1n) is 8.21. The average Bonchev–Trinajstić information content (AvgIpc) is 2.72. The zero-order chi connectivity index (χ0) is 21.0. The van der Waals surface area contributed by atoms with Gasteiger partial charge in [0.25, 0.3) is 11.6 Å². The number of hydrogen-bond donors (Lipinski definition) is 2. The smallest absolute Gasteiger partial charge is 0.355 e. The molecule has 1 saturated heterocycles. The van der Waals surface area contributed by atoms with E-state index in [0.29, 0.717) is 26.3 Å². The number of carbonyl (C=O) groups is 1. The van der Waals surface area contributed by atoms with Gasteiger partial charge in [0, 0.05) is 24.7 Å². The summed E-state index contributed by atoms with van der Waals surface area (Å²) in [6.45, 7) is 1.63. The lowest BCUT2D eigenvalue weighted by Crippen LogP contribution is -2.37. The number of carbonyl (C=O) groups excluding carboxylic acids is 1. The first kappa shape index (κ1) is 20.2. The van der Waals surface area contributed by atoms with Crippen LogP contribution in [-0.2, 0) is 4.74 Å². The van der Waals surface area contributed by atoms with Crippen LogP contribution < -0.4 is 15.8 Å². The number of morpholine rings is 1. The van der Waals surface area contributed by atoms with Crippen molar-refractivity contribution in [2.45, 2.75) is 0 Å². The van der Waals surface area contributed by atoms with Gasteiger partial charge >= 0.3 is 5.69 Å². The summed E-state index contributed by atoms with van der Waals surface area (Å²) in [4.78, 5) is 42.9. The van der Waals surface area contributed by atoms with E-state index in [1.165, 1.54) is 12.1 Å². The molecular weight excluding hydrogens is 410 g/mol. The number of hydrazine groups is 1. The van der Waals surface area contributed by atoms with Crippen LogP contribution in [0.5, 0.6) is 0 Å². The number of anilines is 2. The maximum absolute atomic E-state index is 12.3. The fourth-order valence-corrected chi connectivity index (χ4v) is 2.80. The molecule has 1 aromatic carbocycles. The van der Waals surface area contributed by atoms with Crippen molar-refractivity contribution < 1.29 is 19.4 Å². The highest BCUT2D eigenvalue weighted by Gasteiger charge is 2.28. The Hall–Kier alpha value is -3.58. The lowest BCUT2D eigenvalue weighted by Gasteiger charge is -2.27. The molecule has 1 fully saturated rings. The minimum absolute atomic E-state index is 0.0706. The predicted octanol–water partition coefficient (Wildman–Crippen LogP) is 1.54. The summed E-state index contributed by atoms with van der Waals surface area (Å²) in [6.07, 6.45) is 1.12. The largest absolute Gasteiger partial charge is 0.378 e. The summed E-state index contributed by atoms with van der Waals surface area (Å²) in [5.74, 6) is -0.916. The topological polar surface area (TPSA) is 166 Å². The Morgan fingerprint density at radius 2 is 1.90 bits per heavy atom. The number of benzene rings is 1. The maximum Gasteiger partial charge on any atom is 0.355 e. The van der Waals surface area contributed by atoms with E-state index >= 15 is 0 Å². The van der Waals surface area contributed by atoms with Gasteiger partial charge < -0.3 is 9.64 Å². The van der Waals surface area contributed by atoms with E-state index in [1.807, 2.05) is 0 Å². The van der Waals surface area contributed by atoms with Crippen LogP contribution in [0.4, 0.5) is 23.0 Å². The lowest BCUT2D eigenvalue weighted by atomic mass is 10.2. The number of rotatable bonds is 6. The molecule has 0 bridgehead atoms. The molecule has 2 aromatic rings. The molecule has 29 heavy (non-hydrogen) atoms. The maximum atomic E-state index is 12.3. The number of nitro groups is 2. The van der Waals surface area contributed by atoms with Gasteiger partial charge in [-0.2, -0.15) is 0 Å². The molecule has 0 spiro atoms. The fourth-order valence-electron chi connectivity index (χ4n) is 2.62. The minimum Gasteiger partial charge on any atom is -0.378 e. The molecule has 1 amide bonds. The number of nitrogens with zero attached hydrogens (tertiary/aromatic N) is 5. The molecule has 152 valence electrons. The zero-order valence-electron chi connectivity index (χ0n) is 14.7. The van der Waals surface area contributed by atoms with Crippen molar-refractivity contribution in [1.29, 1.82) is 0 Å². The normalized spacial score (nSPS) is 13.6. The van der Waals surface area contributed by atoms with Crippen LogP contribution in [-0.4, -0.2) is 52.0 Å². The number of aromatic nitrogens is 2. The summed E-state index contributed by atoms with van der Waals surface area (Å²) in [6, 6.07) is 3.48. The molecule has 1 aliphatic rings. The van der Waals surface area contributed by atoms with Crippen LogP contribution in [0.3, 0.4) is 0 Å². The van der Waals surface area contributed by atoms with Crippen LogP contribution >= 0.6 is 11.6 Å². The molecule has 1 aliphatic heterocycles. The Morgan fingerprint density at radius 3 is 2.55 bits per heavy atom. The third-order valence-corrected chi connectivity index (χ3v) is 4.32. The van der Waals surface area contributed by atoms with Gasteiger partial charge in [0.1, 0.15) is 11.3 Å². The Labute approximate surface area is 167 Å². The van der Waals surface area contributed by atoms with E-state index in [2.05, 4.69) is 20.8 Å². The molecular formula is C15H14ClN7O6. The highest BCUT2D eigenvalue weighted by Crippen LogP contribution is 2.31. The monoisotopic (exact) mass is 423 g/mol. The Balaban J connectivity index is 1.81. The van der Waals surface area contributed by atoms with Crippen molar-refractivity contribution in [3.05, 3.63) is 55.3 Å². The van der Waals surface area contributed by atoms with Crippen LogP contribution in [0.1, 0.15) is 10.4 Å². The quantitative estimate of drug-likeness (QED) is 0.513. The highest BCUT2D eigenvalue weighted by atomic mass is 35.5. The third-order valence-electron chi connectivity index (χ3n) is 4.00. The fraction of sp³-hybridized carbons (Fsp3) is 0.267. The van der Waals surface area contributed by atoms with Crippen LogP contribution in [0.25, 0.3) is 0 Å². The van der Waals surface area contributed by atoms with Gasteiger partial charge in [-0.15, -0.1) is 0 Å². The second-order valence-corrected chi connectivity index (χ2v) is 6.16. The van der Waals surface area contributed by atoms with E-state index in [-0.39, 0.29) is 22.2 Å². The van der Waals surface area contributed by atoms with E-state index in [4.69, 9.17) is 16.3 Å². The minimum atomic E-state index is -0.773. The SMILES string of the molecule is O=C(NNc1ncnc(N2CCOCC2)c1[N+](=O)[O-])c1ccc(Cl)c([N+](=O)[O-])c1. The van der Waals surface area contributed by atoms with E-state index in [1.54, 1.807) is 4.90 Å². The Bertz CT molecular complexity index is 966. The first-order chi connectivity index (χ1) is 13.9. The number of halogens is 1. The van der Waals surface area contributed by atoms with Gasteiger partial charge in [-0.1, -0.05) is 11.6 Å². The molecule has 2 N–H and O–H groups in total.